The molecule has 2 heterocycles. The van der Waals surface area contributed by atoms with Crippen LogP contribution in [-0.4, -0.2) is 40.9 Å². The number of H-pyrrole nitrogens is 1. The van der Waals surface area contributed by atoms with Crippen molar-refractivity contribution in [3.05, 3.63) is 75.1 Å². The Morgan fingerprint density at radius 1 is 1.26 bits per heavy atom. The van der Waals surface area contributed by atoms with Crippen LogP contribution < -0.4 is 20.9 Å². The largest absolute Gasteiger partial charge is 0.465 e. The van der Waals surface area contributed by atoms with Crippen LogP contribution in [0.3, 0.4) is 0 Å². The van der Waals surface area contributed by atoms with Crippen LogP contribution in [0, 0.1) is 6.92 Å². The number of ether oxygens (including phenoxy) is 2. The minimum Gasteiger partial charge on any atom is -0.465 e. The van der Waals surface area contributed by atoms with E-state index in [4.69, 9.17) is 18.5 Å². The second kappa shape index (κ2) is 11.4. The number of aryl methyl sites for hydroxylation is 1. The van der Waals surface area contributed by atoms with Crippen molar-refractivity contribution in [1.29, 1.82) is 0 Å². The van der Waals surface area contributed by atoms with E-state index in [9.17, 15) is 18.9 Å². The highest BCUT2D eigenvalue weighted by Crippen LogP contribution is 2.45. The topological polar surface area (TPSA) is 138 Å². The Morgan fingerprint density at radius 2 is 2.00 bits per heavy atom. The van der Waals surface area contributed by atoms with Gasteiger partial charge in [-0.15, -0.1) is 0 Å². The fourth-order valence-corrected chi connectivity index (χ4v) is 4.52. The predicted octanol–water partition coefficient (Wildman–Crippen LogP) is 2.43. The molecule has 0 amide bonds. The monoisotopic (exact) mass is 493 g/mol. The lowest BCUT2D eigenvalue weighted by Gasteiger charge is -2.24. The number of carbonyl (C=O) groups excluding carboxylic acids is 1. The number of hydrogen-bond donors (Lipinski definition) is 2. The molecule has 184 valence electrons. The van der Waals surface area contributed by atoms with E-state index in [2.05, 4.69) is 10.1 Å². The summed E-state index contributed by atoms with van der Waals surface area (Å²) < 4.78 is 36.8. The summed E-state index contributed by atoms with van der Waals surface area (Å²) in [4.78, 5) is 38.1. The van der Waals surface area contributed by atoms with Gasteiger partial charge in [0.25, 0.3) is 5.56 Å². The van der Waals surface area contributed by atoms with Gasteiger partial charge in [0.1, 0.15) is 17.9 Å². The molecule has 1 unspecified atom stereocenters. The van der Waals surface area contributed by atoms with Crippen molar-refractivity contribution in [2.75, 3.05) is 13.2 Å². The number of hydrogen-bond acceptors (Lipinski definition) is 8. The quantitative estimate of drug-likeness (QED) is 0.275. The Hall–Kier alpha value is -2.98. The molecule has 0 radical (unpaired) electrons. The highest BCUT2D eigenvalue weighted by atomic mass is 31.2. The molecule has 0 saturated carbocycles. The van der Waals surface area contributed by atoms with E-state index in [-0.39, 0.29) is 19.0 Å². The van der Waals surface area contributed by atoms with E-state index in [0.717, 1.165) is 0 Å². The third-order valence-electron chi connectivity index (χ3n) is 4.76. The molecule has 1 aromatic heterocycles. The molecule has 12 heteroatoms. The SMILES string of the molecule is CCCOC(=O)[C@H](C)NP(=O)(OC[C@@H]1C=C[C@H](n2cc(C)c(=O)[nH]c2=O)O1)Oc1ccccc1. The molecule has 0 saturated heterocycles. The van der Waals surface area contributed by atoms with Crippen molar-refractivity contribution in [1.82, 2.24) is 14.6 Å². The van der Waals surface area contributed by atoms with Gasteiger partial charge in [0.05, 0.1) is 13.2 Å². The maximum Gasteiger partial charge on any atom is 0.459 e. The standard InChI is InChI=1S/C22H28N3O8P/c1-4-12-30-21(27)16(3)24-34(29,33-17-8-6-5-7-9-17)31-14-18-10-11-19(32-18)25-13-15(2)20(26)23-22(25)28/h5-11,13,16,18-19H,4,12,14H2,1-3H3,(H,24,29)(H,23,26,28)/t16-,18-,19+,34?/m0/s1. The molecular formula is C22H28N3O8P. The summed E-state index contributed by atoms with van der Waals surface area (Å²) in [7, 11) is -4.03. The van der Waals surface area contributed by atoms with Gasteiger partial charge in [0.2, 0.25) is 0 Å². The number of esters is 1. The van der Waals surface area contributed by atoms with Gasteiger partial charge < -0.3 is 14.0 Å². The first kappa shape index (κ1) is 25.6. The molecule has 0 fully saturated rings. The van der Waals surface area contributed by atoms with Crippen LogP contribution in [0.5, 0.6) is 5.75 Å². The van der Waals surface area contributed by atoms with Crippen LogP contribution in [-0.2, 0) is 23.4 Å². The van der Waals surface area contributed by atoms with Gasteiger partial charge in [-0.3, -0.25) is 23.7 Å². The Kier molecular flexibility index (Phi) is 8.62. The molecule has 1 aromatic carbocycles. The molecule has 1 aliphatic heterocycles. The van der Waals surface area contributed by atoms with Crippen LogP contribution in [0.15, 0.2) is 58.3 Å². The number of aromatic nitrogens is 2. The number of aromatic amines is 1. The van der Waals surface area contributed by atoms with Gasteiger partial charge in [0, 0.05) is 11.8 Å². The second-order valence-corrected chi connectivity index (χ2v) is 9.34. The van der Waals surface area contributed by atoms with Crippen LogP contribution in [0.2, 0.25) is 0 Å². The molecule has 0 bridgehead atoms. The lowest BCUT2D eigenvalue weighted by Crippen LogP contribution is -2.36. The van der Waals surface area contributed by atoms with Crippen LogP contribution in [0.4, 0.5) is 0 Å². The number of nitrogens with zero attached hydrogens (tertiary/aromatic N) is 1. The van der Waals surface area contributed by atoms with Gasteiger partial charge in [-0.1, -0.05) is 31.2 Å². The van der Waals surface area contributed by atoms with Crippen molar-refractivity contribution in [2.24, 2.45) is 0 Å². The van der Waals surface area contributed by atoms with Crippen LogP contribution >= 0.6 is 7.75 Å². The maximum absolute atomic E-state index is 13.5. The van der Waals surface area contributed by atoms with Crippen molar-refractivity contribution < 1.29 is 27.9 Å². The molecule has 0 spiro atoms. The molecule has 2 N–H and O–H groups in total. The zero-order valence-corrected chi connectivity index (χ0v) is 20.0. The summed E-state index contributed by atoms with van der Waals surface area (Å²) >= 11 is 0. The van der Waals surface area contributed by atoms with Crippen molar-refractivity contribution in [3.63, 3.8) is 0 Å². The van der Waals surface area contributed by atoms with E-state index >= 15 is 0 Å². The molecular weight excluding hydrogens is 465 g/mol. The summed E-state index contributed by atoms with van der Waals surface area (Å²) in [6.07, 6.45) is 3.87. The van der Waals surface area contributed by atoms with Crippen molar-refractivity contribution >= 4 is 13.7 Å². The predicted molar refractivity (Wildman–Crippen MR) is 124 cm³/mol. The van der Waals surface area contributed by atoms with Crippen molar-refractivity contribution in [2.45, 2.75) is 45.6 Å². The van der Waals surface area contributed by atoms with E-state index in [0.29, 0.717) is 12.0 Å². The number of nitrogens with one attached hydrogen (secondary N) is 2. The maximum atomic E-state index is 13.5. The Labute approximate surface area is 196 Å². The van der Waals surface area contributed by atoms with E-state index in [1.165, 1.54) is 17.7 Å². The molecule has 3 rings (SSSR count). The minimum atomic E-state index is -4.03. The number of benzene rings is 1. The third-order valence-corrected chi connectivity index (χ3v) is 6.40. The smallest absolute Gasteiger partial charge is 0.459 e. The third kappa shape index (κ3) is 6.77. The molecule has 2 aromatic rings. The summed E-state index contributed by atoms with van der Waals surface area (Å²) in [5.41, 5.74) is -0.740. The van der Waals surface area contributed by atoms with Crippen molar-refractivity contribution in [3.8, 4) is 5.75 Å². The summed E-state index contributed by atoms with van der Waals surface area (Å²) in [6, 6.07) is 7.42. The average molecular weight is 493 g/mol. The zero-order chi connectivity index (χ0) is 24.7. The molecule has 34 heavy (non-hydrogen) atoms. The van der Waals surface area contributed by atoms with Gasteiger partial charge >= 0.3 is 19.4 Å². The first-order valence-corrected chi connectivity index (χ1v) is 12.3. The summed E-state index contributed by atoms with van der Waals surface area (Å²) in [5, 5.41) is 2.60. The van der Waals surface area contributed by atoms with Gasteiger partial charge in [-0.2, -0.15) is 5.09 Å². The fourth-order valence-electron chi connectivity index (χ4n) is 3.02. The Morgan fingerprint density at radius 3 is 2.71 bits per heavy atom. The summed E-state index contributed by atoms with van der Waals surface area (Å²) in [5.74, 6) is -0.310. The molecule has 0 aliphatic carbocycles. The minimum absolute atomic E-state index is 0.197. The lowest BCUT2D eigenvalue weighted by molar-refractivity contribution is -0.145. The van der Waals surface area contributed by atoms with Crippen LogP contribution in [0.1, 0.15) is 32.1 Å². The second-order valence-electron chi connectivity index (χ2n) is 7.64. The van der Waals surface area contributed by atoms with Gasteiger partial charge in [0.15, 0.2) is 6.23 Å². The molecule has 11 nitrogen and oxygen atoms in total. The first-order valence-electron chi connectivity index (χ1n) is 10.8. The Bertz CT molecular complexity index is 1180. The van der Waals surface area contributed by atoms with Gasteiger partial charge in [-0.25, -0.2) is 9.36 Å². The van der Waals surface area contributed by atoms with E-state index < -0.39 is 43.3 Å². The van der Waals surface area contributed by atoms with Crippen LogP contribution in [0.25, 0.3) is 0 Å². The lowest BCUT2D eigenvalue weighted by atomic mass is 10.3. The molecule has 1 aliphatic rings. The average Bonchev–Trinajstić information content (AvgIpc) is 3.28. The number of para-hydroxylation sites is 1. The summed E-state index contributed by atoms with van der Waals surface area (Å²) in [6.45, 7) is 4.97. The highest BCUT2D eigenvalue weighted by molar-refractivity contribution is 7.52. The van der Waals surface area contributed by atoms with E-state index in [1.54, 1.807) is 49.4 Å². The normalized spacial score (nSPS) is 20.0. The highest BCUT2D eigenvalue weighted by Gasteiger charge is 2.34. The Balaban J connectivity index is 1.68. The number of carbonyl (C=O) groups is 1. The fraction of sp³-hybridized carbons (Fsp3) is 0.409. The first-order chi connectivity index (χ1) is 16.2. The number of rotatable bonds is 11. The van der Waals surface area contributed by atoms with E-state index in [1.807, 2.05) is 6.92 Å². The zero-order valence-electron chi connectivity index (χ0n) is 19.1. The molecule has 4 atom stereocenters. The van der Waals surface area contributed by atoms with Gasteiger partial charge in [-0.05, 0) is 38.5 Å².